The number of nitrogens with one attached hydrogen (secondary N) is 1. The molecular weight excluding hydrogens is 566 g/mol. The average molecular weight is 610 g/mol. The first-order valence-electron chi connectivity index (χ1n) is 14.4. The molecule has 0 bridgehead atoms. The summed E-state index contributed by atoms with van der Waals surface area (Å²) >= 11 is 0. The Kier molecular flexibility index (Phi) is 11.6. The maximum Gasteiger partial charge on any atom is 0.264 e. The summed E-state index contributed by atoms with van der Waals surface area (Å²) in [6, 6.07) is 18.2. The zero-order valence-corrected chi connectivity index (χ0v) is 26.9. The normalized spacial score (nSPS) is 12.6. The second-order valence-electron chi connectivity index (χ2n) is 10.6. The molecule has 0 heterocycles. The molecular formula is C33H43N3O6S. The van der Waals surface area contributed by atoms with Gasteiger partial charge in [0.25, 0.3) is 10.0 Å². The number of hydrogen-bond donors (Lipinski definition) is 1. The third-order valence-electron chi connectivity index (χ3n) is 7.30. The minimum atomic E-state index is -4.27. The molecule has 9 nitrogen and oxygen atoms in total. The van der Waals surface area contributed by atoms with E-state index in [2.05, 4.69) is 5.32 Å². The highest BCUT2D eigenvalue weighted by Crippen LogP contribution is 2.33. The summed E-state index contributed by atoms with van der Waals surface area (Å²) < 4.78 is 40.3. The summed E-state index contributed by atoms with van der Waals surface area (Å²) in [6.07, 6.45) is 1.09. The van der Waals surface area contributed by atoms with Crippen LogP contribution in [0.25, 0.3) is 0 Å². The number of nitrogens with zero attached hydrogens (tertiary/aromatic N) is 2. The van der Waals surface area contributed by atoms with E-state index in [9.17, 15) is 18.0 Å². The Morgan fingerprint density at radius 2 is 1.49 bits per heavy atom. The molecule has 0 unspecified atom stereocenters. The third kappa shape index (κ3) is 8.28. The van der Waals surface area contributed by atoms with Crippen LogP contribution in [0.1, 0.15) is 50.3 Å². The van der Waals surface area contributed by atoms with Gasteiger partial charge in [-0.05, 0) is 74.6 Å². The van der Waals surface area contributed by atoms with Crippen LogP contribution in [0.5, 0.6) is 11.5 Å². The second kappa shape index (κ2) is 14.9. The molecule has 1 N–H and O–H groups in total. The number of methoxy groups -OCH3 is 2. The van der Waals surface area contributed by atoms with E-state index in [1.54, 1.807) is 12.1 Å². The number of amides is 2. The predicted octanol–water partition coefficient (Wildman–Crippen LogP) is 5.24. The number of aryl methyl sites for hydroxylation is 2. The molecule has 0 aliphatic carbocycles. The van der Waals surface area contributed by atoms with Crippen LogP contribution in [0, 0.1) is 13.8 Å². The fourth-order valence-corrected chi connectivity index (χ4v) is 6.28. The Bertz CT molecular complexity index is 1490. The van der Waals surface area contributed by atoms with Crippen molar-refractivity contribution >= 4 is 27.5 Å². The molecule has 0 spiro atoms. The van der Waals surface area contributed by atoms with E-state index in [0.717, 1.165) is 27.4 Å². The van der Waals surface area contributed by atoms with Gasteiger partial charge in [0.1, 0.15) is 12.6 Å². The molecule has 3 rings (SSSR count). The fraction of sp³-hybridized carbons (Fsp3) is 0.394. The SMILES string of the molecule is CC[C@H](C(=O)N[C@@H](C)CC)N(Cc1ccccc1)C(=O)CN(c1cc(C)cc(C)c1)S(=O)(=O)c1ccc(OC)c(OC)c1. The van der Waals surface area contributed by atoms with Crippen LogP contribution in [0.2, 0.25) is 0 Å². The zero-order chi connectivity index (χ0) is 31.7. The van der Waals surface area contributed by atoms with Crippen molar-refractivity contribution in [3.05, 3.63) is 83.4 Å². The Morgan fingerprint density at radius 1 is 0.860 bits per heavy atom. The molecule has 232 valence electrons. The minimum Gasteiger partial charge on any atom is -0.493 e. The molecule has 0 radical (unpaired) electrons. The lowest BCUT2D eigenvalue weighted by Crippen LogP contribution is -2.53. The van der Waals surface area contributed by atoms with Crippen LogP contribution in [0.15, 0.2) is 71.6 Å². The molecule has 3 aromatic rings. The van der Waals surface area contributed by atoms with Crippen molar-refractivity contribution in [3.8, 4) is 11.5 Å². The highest BCUT2D eigenvalue weighted by atomic mass is 32.2. The van der Waals surface area contributed by atoms with Crippen LogP contribution in [-0.2, 0) is 26.2 Å². The standard InChI is InChI=1S/C33H43N3O6S/c1-8-25(5)34-33(38)29(9-2)35(21-26-13-11-10-12-14-26)32(37)22-36(27-18-23(3)17-24(4)19-27)43(39,40)28-15-16-30(41-6)31(20-28)42-7/h10-20,25,29H,8-9,21-22H2,1-7H3,(H,34,38)/t25-,29+/m0/s1. The fourth-order valence-electron chi connectivity index (χ4n) is 4.87. The maximum atomic E-state index is 14.3. The lowest BCUT2D eigenvalue weighted by atomic mass is 10.1. The first-order valence-corrected chi connectivity index (χ1v) is 15.9. The van der Waals surface area contributed by atoms with Crippen molar-refractivity contribution in [2.24, 2.45) is 0 Å². The van der Waals surface area contributed by atoms with Gasteiger partial charge in [0, 0.05) is 18.7 Å². The van der Waals surface area contributed by atoms with E-state index in [1.807, 2.05) is 71.0 Å². The molecule has 0 aliphatic rings. The molecule has 43 heavy (non-hydrogen) atoms. The first kappa shape index (κ1) is 33.5. The molecule has 10 heteroatoms. The average Bonchev–Trinajstić information content (AvgIpc) is 2.98. The van der Waals surface area contributed by atoms with Gasteiger partial charge < -0.3 is 19.7 Å². The lowest BCUT2D eigenvalue weighted by molar-refractivity contribution is -0.140. The van der Waals surface area contributed by atoms with Gasteiger partial charge in [-0.1, -0.05) is 50.2 Å². The first-order chi connectivity index (χ1) is 20.4. The van der Waals surface area contributed by atoms with Crippen LogP contribution < -0.4 is 19.1 Å². The van der Waals surface area contributed by atoms with Crippen LogP contribution in [-0.4, -0.2) is 58.0 Å². The number of rotatable bonds is 14. The van der Waals surface area contributed by atoms with E-state index in [-0.39, 0.29) is 29.1 Å². The number of carbonyl (C=O) groups is 2. The van der Waals surface area contributed by atoms with Crippen LogP contribution in [0.4, 0.5) is 5.69 Å². The summed E-state index contributed by atoms with van der Waals surface area (Å²) in [7, 11) is -1.38. The van der Waals surface area contributed by atoms with Crippen LogP contribution >= 0.6 is 0 Å². The summed E-state index contributed by atoms with van der Waals surface area (Å²) in [5.41, 5.74) is 2.86. The van der Waals surface area contributed by atoms with Gasteiger partial charge in [0.05, 0.1) is 24.8 Å². The highest BCUT2D eigenvalue weighted by Gasteiger charge is 2.34. The lowest BCUT2D eigenvalue weighted by Gasteiger charge is -2.34. The highest BCUT2D eigenvalue weighted by molar-refractivity contribution is 7.92. The third-order valence-corrected chi connectivity index (χ3v) is 9.07. The molecule has 0 aliphatic heterocycles. The second-order valence-corrected chi connectivity index (χ2v) is 12.5. The van der Waals surface area contributed by atoms with Gasteiger partial charge in [-0.15, -0.1) is 0 Å². The Labute approximate surface area is 255 Å². The summed E-state index contributed by atoms with van der Waals surface area (Å²) in [5.74, 6) is -0.156. The molecule has 3 aromatic carbocycles. The van der Waals surface area contributed by atoms with E-state index < -0.39 is 28.5 Å². The van der Waals surface area contributed by atoms with Gasteiger partial charge in [-0.3, -0.25) is 13.9 Å². The number of carbonyl (C=O) groups excluding carboxylic acids is 2. The van der Waals surface area contributed by atoms with Gasteiger partial charge in [-0.25, -0.2) is 8.42 Å². The molecule has 0 aromatic heterocycles. The molecule has 0 fully saturated rings. The quantitative estimate of drug-likeness (QED) is 0.268. The van der Waals surface area contributed by atoms with E-state index in [1.165, 1.54) is 37.3 Å². The van der Waals surface area contributed by atoms with Crippen molar-refractivity contribution in [1.82, 2.24) is 10.2 Å². The molecule has 0 saturated carbocycles. The van der Waals surface area contributed by atoms with Crippen molar-refractivity contribution in [2.75, 3.05) is 25.1 Å². The Balaban J connectivity index is 2.12. The van der Waals surface area contributed by atoms with Crippen molar-refractivity contribution in [3.63, 3.8) is 0 Å². The van der Waals surface area contributed by atoms with Gasteiger partial charge in [0.15, 0.2) is 11.5 Å². The molecule has 2 amide bonds. The van der Waals surface area contributed by atoms with Crippen molar-refractivity contribution in [2.45, 2.75) is 71.0 Å². The summed E-state index contributed by atoms with van der Waals surface area (Å²) in [5, 5.41) is 2.99. The minimum absolute atomic E-state index is 0.0618. The largest absolute Gasteiger partial charge is 0.493 e. The zero-order valence-electron chi connectivity index (χ0n) is 26.1. The Morgan fingerprint density at radius 3 is 2.05 bits per heavy atom. The smallest absolute Gasteiger partial charge is 0.264 e. The maximum absolute atomic E-state index is 14.3. The molecule has 2 atom stereocenters. The van der Waals surface area contributed by atoms with Crippen LogP contribution in [0.3, 0.4) is 0 Å². The van der Waals surface area contributed by atoms with E-state index in [0.29, 0.717) is 17.9 Å². The van der Waals surface area contributed by atoms with Crippen molar-refractivity contribution in [1.29, 1.82) is 0 Å². The number of benzene rings is 3. The van der Waals surface area contributed by atoms with Gasteiger partial charge >= 0.3 is 0 Å². The van der Waals surface area contributed by atoms with Crippen molar-refractivity contribution < 1.29 is 27.5 Å². The predicted molar refractivity (Wildman–Crippen MR) is 169 cm³/mol. The number of hydrogen-bond acceptors (Lipinski definition) is 6. The number of ether oxygens (including phenoxy) is 2. The molecule has 0 saturated heterocycles. The number of sulfonamides is 1. The topological polar surface area (TPSA) is 105 Å². The van der Waals surface area contributed by atoms with Gasteiger partial charge in [0.2, 0.25) is 11.8 Å². The van der Waals surface area contributed by atoms with E-state index >= 15 is 0 Å². The van der Waals surface area contributed by atoms with E-state index in [4.69, 9.17) is 9.47 Å². The Hall–Kier alpha value is -4.05. The monoisotopic (exact) mass is 609 g/mol. The van der Waals surface area contributed by atoms with Gasteiger partial charge in [-0.2, -0.15) is 0 Å². The number of anilines is 1. The summed E-state index contributed by atoms with van der Waals surface area (Å²) in [6.45, 7) is 9.09. The summed E-state index contributed by atoms with van der Waals surface area (Å²) in [4.78, 5) is 29.1.